The fourth-order valence-electron chi connectivity index (χ4n) is 2.25. The zero-order chi connectivity index (χ0) is 17.8. The molecule has 3 rings (SSSR count). The van der Waals surface area contributed by atoms with Gasteiger partial charge in [0.05, 0.1) is 15.5 Å². The van der Waals surface area contributed by atoms with Crippen LogP contribution in [0.4, 0.5) is 11.4 Å². The molecule has 25 heavy (non-hydrogen) atoms. The molecular weight excluding hydrogens is 338 g/mol. The summed E-state index contributed by atoms with van der Waals surface area (Å²) in [5.74, 6) is -0.203. The van der Waals surface area contributed by atoms with Gasteiger partial charge >= 0.3 is 0 Å². The number of hydrogen-bond acceptors (Lipinski definition) is 5. The minimum Gasteiger partial charge on any atom is -0.300 e. The van der Waals surface area contributed by atoms with Crippen LogP contribution >= 0.6 is 11.8 Å². The van der Waals surface area contributed by atoms with Gasteiger partial charge in [0, 0.05) is 12.1 Å². The van der Waals surface area contributed by atoms with E-state index in [2.05, 4.69) is 17.2 Å². The second kappa shape index (κ2) is 7.31. The summed E-state index contributed by atoms with van der Waals surface area (Å²) in [5.41, 5.74) is 2.74. The van der Waals surface area contributed by atoms with Crippen LogP contribution in [0.15, 0.2) is 58.4 Å². The number of nitrogens with zero attached hydrogens (tertiary/aromatic N) is 2. The zero-order valence-electron chi connectivity index (χ0n) is 13.4. The topological polar surface area (TPSA) is 84.6 Å². The number of aryl methyl sites for hydroxylation is 1. The van der Waals surface area contributed by atoms with Crippen LogP contribution in [0, 0.1) is 10.1 Å². The van der Waals surface area contributed by atoms with Gasteiger partial charge in [0.1, 0.15) is 0 Å². The Morgan fingerprint density at radius 3 is 2.44 bits per heavy atom. The van der Waals surface area contributed by atoms with Gasteiger partial charge in [-0.3, -0.25) is 14.9 Å². The van der Waals surface area contributed by atoms with E-state index in [1.54, 1.807) is 12.1 Å². The summed E-state index contributed by atoms with van der Waals surface area (Å²) in [5, 5.41) is 13.8. The number of carbonyl (C=O) groups is 1. The number of carbonyl (C=O) groups excluding carboxylic acids is 1. The minimum atomic E-state index is -0.465. The summed E-state index contributed by atoms with van der Waals surface area (Å²) in [6.07, 6.45) is 2.79. The molecule has 2 aromatic carbocycles. The van der Waals surface area contributed by atoms with E-state index >= 15 is 0 Å². The van der Waals surface area contributed by atoms with Crippen molar-refractivity contribution < 1.29 is 9.72 Å². The second-order valence-corrected chi connectivity index (χ2v) is 6.38. The van der Waals surface area contributed by atoms with Crippen molar-refractivity contribution in [3.63, 3.8) is 0 Å². The largest absolute Gasteiger partial charge is 0.300 e. The molecule has 126 valence electrons. The maximum Gasteiger partial charge on any atom is 0.269 e. The van der Waals surface area contributed by atoms with Gasteiger partial charge in [-0.05, 0) is 47.5 Å². The van der Waals surface area contributed by atoms with E-state index in [-0.39, 0.29) is 11.6 Å². The van der Waals surface area contributed by atoms with E-state index in [1.807, 2.05) is 30.3 Å². The number of nitro groups is 1. The Hall–Kier alpha value is -2.93. The highest BCUT2D eigenvalue weighted by molar-refractivity contribution is 8.18. The van der Waals surface area contributed by atoms with E-state index < -0.39 is 4.92 Å². The minimum absolute atomic E-state index is 0.00294. The Labute approximate surface area is 148 Å². The number of benzene rings is 2. The molecule has 0 aliphatic carbocycles. The van der Waals surface area contributed by atoms with Crippen LogP contribution in [0.3, 0.4) is 0 Å². The molecular formula is C18H15N3O3S. The first-order valence-corrected chi connectivity index (χ1v) is 8.50. The average molecular weight is 353 g/mol. The number of aliphatic imine (C=N–C) groups is 1. The van der Waals surface area contributed by atoms with Crippen LogP contribution in [0.1, 0.15) is 18.1 Å². The maximum atomic E-state index is 12.1. The quantitative estimate of drug-likeness (QED) is 0.510. The van der Waals surface area contributed by atoms with Gasteiger partial charge in [-0.2, -0.15) is 0 Å². The van der Waals surface area contributed by atoms with Crippen molar-refractivity contribution in [3.05, 3.63) is 74.7 Å². The molecule has 0 unspecified atom stereocenters. The van der Waals surface area contributed by atoms with Crippen molar-refractivity contribution in [1.29, 1.82) is 0 Å². The molecule has 7 heteroatoms. The first-order chi connectivity index (χ1) is 12.0. The molecule has 0 atom stereocenters. The summed E-state index contributed by atoms with van der Waals surface area (Å²) in [6.45, 7) is 2.09. The van der Waals surface area contributed by atoms with Crippen LogP contribution in [-0.4, -0.2) is 16.0 Å². The number of rotatable bonds is 4. The van der Waals surface area contributed by atoms with E-state index in [4.69, 9.17) is 0 Å². The van der Waals surface area contributed by atoms with Gasteiger partial charge in [-0.25, -0.2) is 4.99 Å². The molecule has 0 bridgehead atoms. The van der Waals surface area contributed by atoms with Crippen LogP contribution in [0.2, 0.25) is 0 Å². The molecule has 1 aliphatic heterocycles. The smallest absolute Gasteiger partial charge is 0.269 e. The highest BCUT2D eigenvalue weighted by atomic mass is 32.2. The number of hydrogen-bond donors (Lipinski definition) is 1. The highest BCUT2D eigenvalue weighted by Gasteiger charge is 2.23. The molecule has 1 N–H and O–H groups in total. The van der Waals surface area contributed by atoms with Gasteiger partial charge in [0.2, 0.25) is 0 Å². The van der Waals surface area contributed by atoms with E-state index in [0.717, 1.165) is 12.0 Å². The Kier molecular flexibility index (Phi) is 4.95. The SMILES string of the molecule is CCc1ccc(/C=C2\SC(=Nc3ccc([N+](=O)[O-])cc3)NC2=O)cc1. The lowest BCUT2D eigenvalue weighted by Crippen LogP contribution is -2.19. The fourth-order valence-corrected chi connectivity index (χ4v) is 3.09. The Bertz CT molecular complexity index is 871. The number of amidine groups is 1. The number of nitrogens with one attached hydrogen (secondary N) is 1. The molecule has 0 saturated carbocycles. The monoisotopic (exact) mass is 353 g/mol. The van der Waals surface area contributed by atoms with Crippen LogP contribution in [0.25, 0.3) is 6.08 Å². The molecule has 1 amide bonds. The molecule has 2 aromatic rings. The van der Waals surface area contributed by atoms with Gasteiger partial charge in [0.25, 0.3) is 11.6 Å². The number of amides is 1. The number of non-ortho nitro benzene ring substituents is 1. The lowest BCUT2D eigenvalue weighted by Gasteiger charge is -1.98. The Morgan fingerprint density at radius 1 is 1.16 bits per heavy atom. The van der Waals surface area contributed by atoms with Gasteiger partial charge in [-0.15, -0.1) is 0 Å². The van der Waals surface area contributed by atoms with Gasteiger partial charge in [0.15, 0.2) is 5.17 Å². The van der Waals surface area contributed by atoms with E-state index in [9.17, 15) is 14.9 Å². The standard InChI is InChI=1S/C18H15N3O3S/c1-2-12-3-5-13(6-4-12)11-16-17(22)20-18(25-16)19-14-7-9-15(10-8-14)21(23)24/h3-11H,2H2,1H3,(H,19,20,22)/b16-11-. The lowest BCUT2D eigenvalue weighted by molar-refractivity contribution is -0.384. The summed E-state index contributed by atoms with van der Waals surface area (Å²) in [6, 6.07) is 13.9. The molecule has 0 aromatic heterocycles. The van der Waals surface area contributed by atoms with Crippen LogP contribution in [0.5, 0.6) is 0 Å². The third-order valence-electron chi connectivity index (χ3n) is 3.63. The number of thioether (sulfide) groups is 1. The van der Waals surface area contributed by atoms with Crippen molar-refractivity contribution in [2.24, 2.45) is 4.99 Å². The third kappa shape index (κ3) is 4.13. The Morgan fingerprint density at radius 2 is 1.84 bits per heavy atom. The third-order valence-corrected chi connectivity index (χ3v) is 4.54. The zero-order valence-corrected chi connectivity index (χ0v) is 14.2. The van der Waals surface area contributed by atoms with E-state index in [0.29, 0.717) is 15.8 Å². The fraction of sp³-hybridized carbons (Fsp3) is 0.111. The molecule has 0 radical (unpaired) electrons. The summed E-state index contributed by atoms with van der Waals surface area (Å²) in [4.78, 5) is 27.1. The van der Waals surface area contributed by atoms with Gasteiger partial charge in [-0.1, -0.05) is 31.2 Å². The molecule has 1 aliphatic rings. The summed E-state index contributed by atoms with van der Waals surface area (Å²) < 4.78 is 0. The van der Waals surface area contributed by atoms with Crippen molar-refractivity contribution >= 4 is 40.3 Å². The predicted molar refractivity (Wildman–Crippen MR) is 99.7 cm³/mol. The normalized spacial score (nSPS) is 17.1. The first kappa shape index (κ1) is 16.9. The van der Waals surface area contributed by atoms with Crippen molar-refractivity contribution in [2.45, 2.75) is 13.3 Å². The number of nitro benzene ring substituents is 1. The Balaban J connectivity index is 1.76. The van der Waals surface area contributed by atoms with E-state index in [1.165, 1.54) is 29.5 Å². The summed E-state index contributed by atoms with van der Waals surface area (Å²) in [7, 11) is 0. The maximum absolute atomic E-state index is 12.1. The lowest BCUT2D eigenvalue weighted by atomic mass is 10.1. The first-order valence-electron chi connectivity index (χ1n) is 7.68. The molecule has 1 saturated heterocycles. The average Bonchev–Trinajstić information content (AvgIpc) is 2.95. The molecule has 1 fully saturated rings. The van der Waals surface area contributed by atoms with Gasteiger partial charge < -0.3 is 5.32 Å². The summed E-state index contributed by atoms with van der Waals surface area (Å²) >= 11 is 1.25. The molecule has 0 spiro atoms. The molecule has 6 nitrogen and oxygen atoms in total. The van der Waals surface area contributed by atoms with Crippen LogP contribution < -0.4 is 5.32 Å². The van der Waals surface area contributed by atoms with Crippen LogP contribution in [-0.2, 0) is 11.2 Å². The second-order valence-electron chi connectivity index (χ2n) is 5.35. The van der Waals surface area contributed by atoms with Crippen molar-refractivity contribution in [2.75, 3.05) is 0 Å². The molecule has 1 heterocycles. The highest BCUT2D eigenvalue weighted by Crippen LogP contribution is 2.28. The predicted octanol–water partition coefficient (Wildman–Crippen LogP) is 4.05. The van der Waals surface area contributed by atoms with Crippen molar-refractivity contribution in [3.8, 4) is 0 Å². The van der Waals surface area contributed by atoms with Crippen molar-refractivity contribution in [1.82, 2.24) is 5.32 Å².